The van der Waals surface area contributed by atoms with Crippen LogP contribution in [0.2, 0.25) is 5.02 Å². The van der Waals surface area contributed by atoms with Crippen molar-refractivity contribution >= 4 is 28.4 Å². The van der Waals surface area contributed by atoms with Crippen LogP contribution in [0.5, 0.6) is 5.75 Å². The highest BCUT2D eigenvalue weighted by molar-refractivity contribution is 6.35. The van der Waals surface area contributed by atoms with Crippen molar-refractivity contribution in [3.63, 3.8) is 0 Å². The Morgan fingerprint density at radius 1 is 1.29 bits per heavy atom. The number of hydrogen-bond acceptors (Lipinski definition) is 5. The van der Waals surface area contributed by atoms with Gasteiger partial charge in [-0.15, -0.1) is 0 Å². The van der Waals surface area contributed by atoms with Gasteiger partial charge in [-0.3, -0.25) is 10.1 Å². The normalized spacial score (nSPS) is 10.8. The molecule has 2 aromatic carbocycles. The average molecular weight is 305 g/mol. The minimum absolute atomic E-state index is 0.123. The fraction of sp³-hybridized carbons (Fsp3) is 0.0714. The minimum Gasteiger partial charge on any atom is -0.497 e. The van der Waals surface area contributed by atoms with Crippen LogP contribution in [0, 0.1) is 10.1 Å². The summed E-state index contributed by atoms with van der Waals surface area (Å²) in [6, 6.07) is 9.69. The van der Waals surface area contributed by atoms with Crippen molar-refractivity contribution in [2.75, 3.05) is 7.11 Å². The van der Waals surface area contributed by atoms with Crippen molar-refractivity contribution < 1.29 is 14.1 Å². The van der Waals surface area contributed by atoms with E-state index in [1.54, 1.807) is 31.4 Å². The van der Waals surface area contributed by atoms with Gasteiger partial charge in [0.1, 0.15) is 11.3 Å². The van der Waals surface area contributed by atoms with Gasteiger partial charge >= 0.3 is 0 Å². The number of oxazole rings is 1. The topological polar surface area (TPSA) is 78.4 Å². The monoisotopic (exact) mass is 304 g/mol. The van der Waals surface area contributed by atoms with Gasteiger partial charge in [0.2, 0.25) is 5.89 Å². The molecule has 21 heavy (non-hydrogen) atoms. The zero-order chi connectivity index (χ0) is 15.0. The maximum Gasteiger partial charge on any atom is 0.273 e. The first-order chi connectivity index (χ1) is 10.1. The molecule has 1 heterocycles. The molecule has 0 bridgehead atoms. The Balaban J connectivity index is 2.11. The van der Waals surface area contributed by atoms with Crippen molar-refractivity contribution in [2.24, 2.45) is 0 Å². The van der Waals surface area contributed by atoms with Gasteiger partial charge in [0.15, 0.2) is 5.58 Å². The number of non-ortho nitro benzene ring substituents is 1. The molecule has 0 unspecified atom stereocenters. The number of nitrogens with zero attached hydrogens (tertiary/aromatic N) is 2. The predicted molar refractivity (Wildman–Crippen MR) is 77.7 cm³/mol. The van der Waals surface area contributed by atoms with E-state index in [0.29, 0.717) is 22.7 Å². The quantitative estimate of drug-likeness (QED) is 0.538. The molecule has 0 N–H and O–H groups in total. The van der Waals surface area contributed by atoms with Crippen molar-refractivity contribution in [1.82, 2.24) is 4.98 Å². The van der Waals surface area contributed by atoms with Gasteiger partial charge in [-0.1, -0.05) is 11.6 Å². The first-order valence-corrected chi connectivity index (χ1v) is 6.35. The Bertz CT molecular complexity index is 827. The fourth-order valence-electron chi connectivity index (χ4n) is 1.94. The highest BCUT2D eigenvalue weighted by atomic mass is 35.5. The Kier molecular flexibility index (Phi) is 3.23. The third-order valence-corrected chi connectivity index (χ3v) is 3.26. The molecule has 0 saturated carbocycles. The fourth-order valence-corrected chi connectivity index (χ4v) is 2.19. The van der Waals surface area contributed by atoms with Gasteiger partial charge in [-0.05, 0) is 24.3 Å². The smallest absolute Gasteiger partial charge is 0.273 e. The Morgan fingerprint density at radius 2 is 2.00 bits per heavy atom. The molecule has 6 nitrogen and oxygen atoms in total. The van der Waals surface area contributed by atoms with Crippen LogP contribution in [-0.2, 0) is 0 Å². The minimum atomic E-state index is -0.521. The predicted octanol–water partition coefficient (Wildman–Crippen LogP) is 4.07. The number of hydrogen-bond donors (Lipinski definition) is 0. The number of nitro groups is 1. The van der Waals surface area contributed by atoms with Crippen molar-refractivity contribution in [3.8, 4) is 17.2 Å². The lowest BCUT2D eigenvalue weighted by molar-refractivity contribution is -0.384. The molecular weight excluding hydrogens is 296 g/mol. The number of rotatable bonds is 3. The number of nitro benzene ring substituents is 1. The van der Waals surface area contributed by atoms with Gasteiger partial charge in [-0.2, -0.15) is 0 Å². The average Bonchev–Trinajstić information content (AvgIpc) is 2.92. The summed E-state index contributed by atoms with van der Waals surface area (Å²) in [5.74, 6) is 1.05. The van der Waals surface area contributed by atoms with Gasteiger partial charge in [0, 0.05) is 17.7 Å². The maximum atomic E-state index is 10.8. The van der Waals surface area contributed by atoms with Crippen LogP contribution in [0.3, 0.4) is 0 Å². The van der Waals surface area contributed by atoms with Crippen LogP contribution in [0.4, 0.5) is 5.69 Å². The largest absolute Gasteiger partial charge is 0.497 e. The Morgan fingerprint density at radius 3 is 2.62 bits per heavy atom. The van der Waals surface area contributed by atoms with Crippen LogP contribution in [0.15, 0.2) is 40.8 Å². The lowest BCUT2D eigenvalue weighted by Crippen LogP contribution is -1.87. The lowest BCUT2D eigenvalue weighted by atomic mass is 10.2. The van der Waals surface area contributed by atoms with E-state index in [4.69, 9.17) is 20.8 Å². The van der Waals surface area contributed by atoms with Gasteiger partial charge in [0.05, 0.1) is 17.1 Å². The van der Waals surface area contributed by atoms with Crippen molar-refractivity contribution in [3.05, 3.63) is 51.5 Å². The van der Waals surface area contributed by atoms with Crippen molar-refractivity contribution in [2.45, 2.75) is 0 Å². The highest BCUT2D eigenvalue weighted by Gasteiger charge is 2.16. The third-order valence-electron chi connectivity index (χ3n) is 2.98. The van der Waals surface area contributed by atoms with E-state index < -0.39 is 4.92 Å². The summed E-state index contributed by atoms with van der Waals surface area (Å²) >= 11 is 6.00. The van der Waals surface area contributed by atoms with Gasteiger partial charge in [-0.25, -0.2) is 4.98 Å². The zero-order valence-electron chi connectivity index (χ0n) is 10.9. The summed E-state index contributed by atoms with van der Waals surface area (Å²) in [4.78, 5) is 14.5. The molecule has 7 heteroatoms. The molecule has 0 spiro atoms. The number of aromatic nitrogens is 1. The highest BCUT2D eigenvalue weighted by Crippen LogP contribution is 2.33. The molecular formula is C14H9ClN2O4. The van der Waals surface area contributed by atoms with E-state index in [-0.39, 0.29) is 10.7 Å². The summed E-state index contributed by atoms with van der Waals surface area (Å²) in [5, 5.41) is 11.0. The Hall–Kier alpha value is -2.60. The zero-order valence-corrected chi connectivity index (χ0v) is 11.6. The van der Waals surface area contributed by atoms with Gasteiger partial charge in [0.25, 0.3) is 5.69 Å². The van der Waals surface area contributed by atoms with Crippen LogP contribution < -0.4 is 4.74 Å². The summed E-state index contributed by atoms with van der Waals surface area (Å²) < 4.78 is 10.7. The van der Waals surface area contributed by atoms with E-state index in [1.165, 1.54) is 12.1 Å². The van der Waals surface area contributed by atoms with E-state index in [9.17, 15) is 10.1 Å². The number of methoxy groups -OCH3 is 1. The molecule has 106 valence electrons. The lowest BCUT2D eigenvalue weighted by Gasteiger charge is -1.99. The molecule has 0 aliphatic carbocycles. The molecule has 0 saturated heterocycles. The first kappa shape index (κ1) is 13.4. The first-order valence-electron chi connectivity index (χ1n) is 5.97. The van der Waals surface area contributed by atoms with Crippen LogP contribution in [-0.4, -0.2) is 17.0 Å². The molecule has 0 aliphatic heterocycles. The molecule has 0 amide bonds. The second kappa shape index (κ2) is 5.06. The van der Waals surface area contributed by atoms with Crippen LogP contribution in [0.25, 0.3) is 22.6 Å². The summed E-state index contributed by atoms with van der Waals surface area (Å²) in [7, 11) is 1.58. The molecule has 0 fully saturated rings. The van der Waals surface area contributed by atoms with E-state index in [0.717, 1.165) is 5.56 Å². The summed E-state index contributed by atoms with van der Waals surface area (Å²) in [5.41, 5.74) is 1.28. The van der Waals surface area contributed by atoms with E-state index >= 15 is 0 Å². The summed E-state index contributed by atoms with van der Waals surface area (Å²) in [6.45, 7) is 0. The number of benzene rings is 2. The van der Waals surface area contributed by atoms with Crippen LogP contribution >= 0.6 is 11.6 Å². The van der Waals surface area contributed by atoms with Crippen LogP contribution in [0.1, 0.15) is 0 Å². The molecule has 0 aliphatic rings. The summed E-state index contributed by atoms with van der Waals surface area (Å²) in [6.07, 6.45) is 0. The van der Waals surface area contributed by atoms with Gasteiger partial charge < -0.3 is 9.15 Å². The number of halogens is 1. The molecule has 3 rings (SSSR count). The molecule has 0 atom stereocenters. The molecule has 3 aromatic rings. The second-order valence-electron chi connectivity index (χ2n) is 4.28. The molecule has 0 radical (unpaired) electrons. The SMILES string of the molecule is COc1ccc(-c2nc3cc([N+](=O)[O-])cc(Cl)c3o2)cc1. The molecule has 1 aromatic heterocycles. The van der Waals surface area contributed by atoms with E-state index in [1.807, 2.05) is 0 Å². The van der Waals surface area contributed by atoms with E-state index in [2.05, 4.69) is 4.98 Å². The maximum absolute atomic E-state index is 10.8. The number of ether oxygens (including phenoxy) is 1. The second-order valence-corrected chi connectivity index (χ2v) is 4.69. The van der Waals surface area contributed by atoms with Crippen molar-refractivity contribution in [1.29, 1.82) is 0 Å². The number of fused-ring (bicyclic) bond motifs is 1. The third kappa shape index (κ3) is 2.41. The Labute approximate surface area is 124 Å². The standard InChI is InChI=1S/C14H9ClN2O4/c1-20-10-4-2-8(3-5-10)14-16-12-7-9(17(18)19)6-11(15)13(12)21-14/h2-7H,1H3.